The average Bonchev–Trinajstić information content (AvgIpc) is 3.01. The molecule has 1 aromatic heterocycles. The number of aliphatic imine (C=N–C) groups is 1. The molecule has 6 heteroatoms. The molecule has 1 aliphatic heterocycles. The zero-order valence-corrected chi connectivity index (χ0v) is 14.8. The Kier molecular flexibility index (Phi) is 5.58. The molecule has 1 aliphatic rings. The van der Waals surface area contributed by atoms with Crippen molar-refractivity contribution in [3.8, 4) is 0 Å². The molecule has 0 aliphatic carbocycles. The van der Waals surface area contributed by atoms with Gasteiger partial charge in [0.05, 0.1) is 6.54 Å². The monoisotopic (exact) mass is 341 g/mol. The minimum atomic E-state index is -0.216. The summed E-state index contributed by atoms with van der Waals surface area (Å²) in [6, 6.07) is 10.4. The molecule has 0 bridgehead atoms. The highest BCUT2D eigenvalue weighted by Gasteiger charge is 2.23. The number of para-hydroxylation sites is 1. The van der Waals surface area contributed by atoms with Gasteiger partial charge in [-0.15, -0.1) is 0 Å². The third kappa shape index (κ3) is 4.53. The highest BCUT2D eigenvalue weighted by molar-refractivity contribution is 5.81. The molecule has 25 heavy (non-hydrogen) atoms. The Balaban J connectivity index is 1.70. The van der Waals surface area contributed by atoms with Gasteiger partial charge in [0.15, 0.2) is 5.96 Å². The molecule has 1 fully saturated rings. The number of hydrogen-bond acceptors (Lipinski definition) is 2. The number of aromatic nitrogens is 1. The molecular formula is C19H27N5O. The van der Waals surface area contributed by atoms with Crippen LogP contribution in [0.3, 0.4) is 0 Å². The van der Waals surface area contributed by atoms with Crippen LogP contribution in [0.25, 0.3) is 10.9 Å². The van der Waals surface area contributed by atoms with Gasteiger partial charge in [0.25, 0.3) is 0 Å². The quantitative estimate of drug-likeness (QED) is 0.576. The number of nitrogens with two attached hydrogens (primary N) is 1. The predicted molar refractivity (Wildman–Crippen MR) is 101 cm³/mol. The number of aromatic amines is 1. The van der Waals surface area contributed by atoms with E-state index in [9.17, 15) is 4.79 Å². The molecule has 0 spiro atoms. The molecule has 3 rings (SSSR count). The van der Waals surface area contributed by atoms with E-state index in [1.165, 1.54) is 5.39 Å². The molecule has 0 radical (unpaired) electrons. The number of piperidine rings is 1. The van der Waals surface area contributed by atoms with Gasteiger partial charge in [0, 0.05) is 37.3 Å². The molecule has 1 saturated heterocycles. The first-order chi connectivity index (χ1) is 12.2. The van der Waals surface area contributed by atoms with Crippen molar-refractivity contribution in [3.05, 3.63) is 36.0 Å². The summed E-state index contributed by atoms with van der Waals surface area (Å²) in [6.45, 7) is 5.30. The number of nitrogens with one attached hydrogen (secondary N) is 2. The first kappa shape index (κ1) is 17.3. The van der Waals surface area contributed by atoms with Crippen molar-refractivity contribution >= 4 is 22.8 Å². The average molecular weight is 341 g/mol. The Morgan fingerprint density at radius 3 is 3.04 bits per heavy atom. The molecule has 1 unspecified atom stereocenters. The maximum atomic E-state index is 11.2. The normalized spacial score (nSPS) is 18.5. The first-order valence-electron chi connectivity index (χ1n) is 9.04. The number of likely N-dealkylation sites (tertiary alicyclic amines) is 1. The van der Waals surface area contributed by atoms with Gasteiger partial charge in [-0.25, -0.2) is 4.99 Å². The van der Waals surface area contributed by atoms with Crippen molar-refractivity contribution in [3.63, 3.8) is 0 Å². The zero-order valence-electron chi connectivity index (χ0n) is 14.8. The number of fused-ring (bicyclic) bond motifs is 1. The van der Waals surface area contributed by atoms with E-state index < -0.39 is 0 Å². The number of guanidine groups is 1. The van der Waals surface area contributed by atoms with Crippen LogP contribution < -0.4 is 11.1 Å². The van der Waals surface area contributed by atoms with E-state index in [4.69, 9.17) is 10.7 Å². The summed E-state index contributed by atoms with van der Waals surface area (Å²) in [5.74, 6) is 1.02. The summed E-state index contributed by atoms with van der Waals surface area (Å²) in [5.41, 5.74) is 7.60. The Bertz CT molecular complexity index is 718. The molecule has 2 heterocycles. The van der Waals surface area contributed by atoms with Crippen LogP contribution in [0, 0.1) is 5.92 Å². The van der Waals surface area contributed by atoms with E-state index in [1.54, 1.807) is 0 Å². The lowest BCUT2D eigenvalue weighted by atomic mass is 9.95. The van der Waals surface area contributed by atoms with E-state index in [2.05, 4.69) is 40.3 Å². The van der Waals surface area contributed by atoms with E-state index >= 15 is 0 Å². The Morgan fingerprint density at radius 2 is 2.28 bits per heavy atom. The summed E-state index contributed by atoms with van der Waals surface area (Å²) in [7, 11) is 0. The summed E-state index contributed by atoms with van der Waals surface area (Å²) in [5, 5.41) is 4.58. The Morgan fingerprint density at radius 1 is 1.44 bits per heavy atom. The fourth-order valence-corrected chi connectivity index (χ4v) is 3.51. The van der Waals surface area contributed by atoms with E-state index in [1.807, 2.05) is 12.1 Å². The number of rotatable bonds is 5. The van der Waals surface area contributed by atoms with Crippen LogP contribution in [0.1, 0.15) is 31.9 Å². The Hall–Kier alpha value is -2.50. The number of primary amides is 1. The molecule has 0 saturated carbocycles. The largest absolute Gasteiger partial charge is 0.370 e. The lowest BCUT2D eigenvalue weighted by Gasteiger charge is -2.34. The minimum Gasteiger partial charge on any atom is -0.370 e. The maximum Gasteiger partial charge on any atom is 0.217 e. The summed E-state index contributed by atoms with van der Waals surface area (Å²) >= 11 is 0. The number of carbonyl (C=O) groups excluding carboxylic acids is 1. The van der Waals surface area contributed by atoms with Gasteiger partial charge in [-0.1, -0.05) is 18.2 Å². The van der Waals surface area contributed by atoms with Crippen LogP contribution >= 0.6 is 0 Å². The zero-order chi connectivity index (χ0) is 17.6. The molecule has 1 amide bonds. The third-order valence-corrected chi connectivity index (χ3v) is 4.63. The number of hydrogen-bond donors (Lipinski definition) is 3. The van der Waals surface area contributed by atoms with Crippen LogP contribution in [0.4, 0.5) is 0 Å². The van der Waals surface area contributed by atoms with Crippen molar-refractivity contribution in [2.45, 2.75) is 32.7 Å². The van der Waals surface area contributed by atoms with Crippen LogP contribution in [-0.4, -0.2) is 41.4 Å². The van der Waals surface area contributed by atoms with Gasteiger partial charge in [0.1, 0.15) is 0 Å². The lowest BCUT2D eigenvalue weighted by molar-refractivity contribution is -0.119. The SMILES string of the molecule is CCNC(=NCc1cc2ccccc2[nH]1)N1CCCC(CC(N)=O)C1. The molecule has 1 atom stereocenters. The Labute approximate surface area is 148 Å². The summed E-state index contributed by atoms with van der Waals surface area (Å²) in [6.07, 6.45) is 2.58. The molecular weight excluding hydrogens is 314 g/mol. The van der Waals surface area contributed by atoms with Crippen LogP contribution in [0.5, 0.6) is 0 Å². The van der Waals surface area contributed by atoms with Gasteiger partial charge in [-0.05, 0) is 43.2 Å². The fraction of sp³-hybridized carbons (Fsp3) is 0.474. The van der Waals surface area contributed by atoms with Gasteiger partial charge >= 0.3 is 0 Å². The number of amides is 1. The van der Waals surface area contributed by atoms with Gasteiger partial charge in [0.2, 0.25) is 5.91 Å². The van der Waals surface area contributed by atoms with Crippen LogP contribution in [-0.2, 0) is 11.3 Å². The van der Waals surface area contributed by atoms with E-state index in [0.717, 1.165) is 49.6 Å². The second-order valence-electron chi connectivity index (χ2n) is 6.68. The molecule has 1 aromatic carbocycles. The van der Waals surface area contributed by atoms with Crippen molar-refractivity contribution in [1.29, 1.82) is 0 Å². The van der Waals surface area contributed by atoms with E-state index in [-0.39, 0.29) is 5.91 Å². The predicted octanol–water partition coefficient (Wildman–Crippen LogP) is 2.22. The van der Waals surface area contributed by atoms with E-state index in [0.29, 0.717) is 18.9 Å². The van der Waals surface area contributed by atoms with Crippen molar-refractivity contribution in [2.75, 3.05) is 19.6 Å². The second kappa shape index (κ2) is 8.05. The number of H-pyrrole nitrogens is 1. The van der Waals surface area contributed by atoms with Gasteiger partial charge < -0.3 is 20.9 Å². The lowest BCUT2D eigenvalue weighted by Crippen LogP contribution is -2.47. The van der Waals surface area contributed by atoms with Crippen molar-refractivity contribution in [2.24, 2.45) is 16.6 Å². The number of carbonyl (C=O) groups is 1. The minimum absolute atomic E-state index is 0.216. The van der Waals surface area contributed by atoms with Gasteiger partial charge in [-0.2, -0.15) is 0 Å². The smallest absolute Gasteiger partial charge is 0.217 e. The molecule has 134 valence electrons. The van der Waals surface area contributed by atoms with Crippen molar-refractivity contribution in [1.82, 2.24) is 15.2 Å². The highest BCUT2D eigenvalue weighted by Crippen LogP contribution is 2.20. The van der Waals surface area contributed by atoms with Crippen molar-refractivity contribution < 1.29 is 4.79 Å². The molecule has 6 nitrogen and oxygen atoms in total. The summed E-state index contributed by atoms with van der Waals surface area (Å²) < 4.78 is 0. The van der Waals surface area contributed by atoms with Gasteiger partial charge in [-0.3, -0.25) is 4.79 Å². The topological polar surface area (TPSA) is 86.5 Å². The standard InChI is InChI=1S/C19H27N5O/c1-2-21-19(24-9-5-6-14(13-24)10-18(20)25)22-12-16-11-15-7-3-4-8-17(15)23-16/h3-4,7-8,11,14,23H,2,5-6,9-10,12-13H2,1H3,(H2,20,25)(H,21,22). The number of benzene rings is 1. The van der Waals surface area contributed by atoms with Crippen LogP contribution in [0.15, 0.2) is 35.3 Å². The maximum absolute atomic E-state index is 11.2. The fourth-order valence-electron chi connectivity index (χ4n) is 3.51. The third-order valence-electron chi connectivity index (χ3n) is 4.63. The molecule has 2 aromatic rings. The summed E-state index contributed by atoms with van der Waals surface area (Å²) in [4.78, 5) is 21.7. The first-order valence-corrected chi connectivity index (χ1v) is 9.04. The van der Waals surface area contributed by atoms with Crippen LogP contribution in [0.2, 0.25) is 0 Å². The number of nitrogens with zero attached hydrogens (tertiary/aromatic N) is 2. The molecule has 4 N–H and O–H groups in total. The highest BCUT2D eigenvalue weighted by atomic mass is 16.1. The second-order valence-corrected chi connectivity index (χ2v) is 6.68.